The van der Waals surface area contributed by atoms with Gasteiger partial charge in [-0.15, -0.1) is 5.10 Å². The van der Waals surface area contributed by atoms with Crippen LogP contribution in [0.3, 0.4) is 0 Å². The molecule has 0 atom stereocenters. The van der Waals surface area contributed by atoms with E-state index in [4.69, 9.17) is 5.73 Å². The minimum atomic E-state index is 0.512. The first-order valence-electron chi connectivity index (χ1n) is 8.02. The second-order valence-electron chi connectivity index (χ2n) is 5.55. The van der Waals surface area contributed by atoms with E-state index < -0.39 is 0 Å². The van der Waals surface area contributed by atoms with Crippen LogP contribution in [0.5, 0.6) is 0 Å². The molecule has 4 rings (SSSR count). The number of anilines is 2. The number of nitrogen functional groups attached to an aromatic ring is 1. The quantitative estimate of drug-likeness (QED) is 0.597. The highest BCUT2D eigenvalue weighted by Gasteiger charge is 2.11. The zero-order valence-electron chi connectivity index (χ0n) is 13.7. The van der Waals surface area contributed by atoms with Gasteiger partial charge in [-0.05, 0) is 48.9 Å². The maximum Gasteiger partial charge on any atom is 0.200 e. The number of hydrogen-bond donors (Lipinski definition) is 2. The predicted molar refractivity (Wildman–Crippen MR) is 98.0 cm³/mol. The van der Waals surface area contributed by atoms with Gasteiger partial charge in [-0.1, -0.05) is 6.07 Å². The van der Waals surface area contributed by atoms with Crippen LogP contribution in [0.25, 0.3) is 28.3 Å². The van der Waals surface area contributed by atoms with E-state index in [1.807, 2.05) is 55.6 Å². The monoisotopic (exact) mass is 331 g/mol. The van der Waals surface area contributed by atoms with Gasteiger partial charge in [-0.25, -0.2) is 9.97 Å². The van der Waals surface area contributed by atoms with Crippen LogP contribution in [0, 0.1) is 0 Å². The Morgan fingerprint density at radius 3 is 2.72 bits per heavy atom. The van der Waals surface area contributed by atoms with Crippen molar-refractivity contribution in [1.82, 2.24) is 24.6 Å². The summed E-state index contributed by atoms with van der Waals surface area (Å²) in [5.74, 6) is 1.91. The number of rotatable bonds is 4. The van der Waals surface area contributed by atoms with Gasteiger partial charge in [0.15, 0.2) is 5.65 Å². The standard InChI is InChI=1S/C18H17N7/c1-2-20-16-7-6-12(11-22-16)13-9-15(19)25-17(10-13)23-18(24-25)14-5-3-4-8-21-14/h3-11H,2,19H2,1H3,(H,20,22). The summed E-state index contributed by atoms with van der Waals surface area (Å²) in [5, 5.41) is 7.63. The highest BCUT2D eigenvalue weighted by Crippen LogP contribution is 2.25. The summed E-state index contributed by atoms with van der Waals surface area (Å²) < 4.78 is 1.62. The minimum absolute atomic E-state index is 0.512. The van der Waals surface area contributed by atoms with Crippen LogP contribution >= 0.6 is 0 Å². The third-order valence-corrected chi connectivity index (χ3v) is 3.81. The second-order valence-corrected chi connectivity index (χ2v) is 5.55. The number of fused-ring (bicyclic) bond motifs is 1. The molecule has 0 amide bonds. The van der Waals surface area contributed by atoms with Crippen LogP contribution in [0.2, 0.25) is 0 Å². The van der Waals surface area contributed by atoms with Crippen molar-refractivity contribution in [3.63, 3.8) is 0 Å². The van der Waals surface area contributed by atoms with Gasteiger partial charge in [0.25, 0.3) is 0 Å². The fourth-order valence-corrected chi connectivity index (χ4v) is 2.63. The number of hydrogen-bond acceptors (Lipinski definition) is 6. The number of aromatic nitrogens is 5. The fourth-order valence-electron chi connectivity index (χ4n) is 2.63. The molecular weight excluding hydrogens is 314 g/mol. The number of pyridine rings is 3. The summed E-state index contributed by atoms with van der Waals surface area (Å²) in [6.07, 6.45) is 3.53. The summed E-state index contributed by atoms with van der Waals surface area (Å²) in [5.41, 5.74) is 9.47. The van der Waals surface area contributed by atoms with Crippen LogP contribution in [0.4, 0.5) is 11.6 Å². The topological polar surface area (TPSA) is 94.0 Å². The van der Waals surface area contributed by atoms with E-state index in [2.05, 4.69) is 25.4 Å². The molecule has 0 saturated carbocycles. The third-order valence-electron chi connectivity index (χ3n) is 3.81. The maximum absolute atomic E-state index is 6.17. The Morgan fingerprint density at radius 2 is 2.00 bits per heavy atom. The molecule has 0 aliphatic rings. The third kappa shape index (κ3) is 2.87. The van der Waals surface area contributed by atoms with E-state index in [-0.39, 0.29) is 0 Å². The van der Waals surface area contributed by atoms with Crippen molar-refractivity contribution >= 4 is 17.3 Å². The molecule has 0 saturated heterocycles. The van der Waals surface area contributed by atoms with E-state index in [1.165, 1.54) is 0 Å². The zero-order valence-corrected chi connectivity index (χ0v) is 13.7. The molecule has 0 radical (unpaired) electrons. The predicted octanol–water partition coefficient (Wildman–Crippen LogP) is 2.87. The molecule has 124 valence electrons. The van der Waals surface area contributed by atoms with E-state index >= 15 is 0 Å². The van der Waals surface area contributed by atoms with Crippen molar-refractivity contribution < 1.29 is 0 Å². The van der Waals surface area contributed by atoms with Gasteiger partial charge in [0.1, 0.15) is 17.3 Å². The van der Waals surface area contributed by atoms with Gasteiger partial charge < -0.3 is 11.1 Å². The van der Waals surface area contributed by atoms with Crippen molar-refractivity contribution in [2.24, 2.45) is 0 Å². The molecule has 0 spiro atoms. The highest BCUT2D eigenvalue weighted by atomic mass is 15.3. The van der Waals surface area contributed by atoms with Gasteiger partial charge in [0.05, 0.1) is 0 Å². The summed E-state index contributed by atoms with van der Waals surface area (Å²) in [6.45, 7) is 2.87. The number of nitrogens with zero attached hydrogens (tertiary/aromatic N) is 5. The van der Waals surface area contributed by atoms with Gasteiger partial charge in [0.2, 0.25) is 5.82 Å². The summed E-state index contributed by atoms with van der Waals surface area (Å²) >= 11 is 0. The molecule has 25 heavy (non-hydrogen) atoms. The molecule has 0 aliphatic carbocycles. The molecule has 0 fully saturated rings. The number of nitrogens with two attached hydrogens (primary N) is 1. The van der Waals surface area contributed by atoms with E-state index in [9.17, 15) is 0 Å². The fraction of sp³-hybridized carbons (Fsp3) is 0.111. The molecule has 0 aliphatic heterocycles. The summed E-state index contributed by atoms with van der Waals surface area (Å²) in [6, 6.07) is 13.4. The Bertz CT molecular complexity index is 1010. The molecule has 4 heterocycles. The Balaban J connectivity index is 1.76. The highest BCUT2D eigenvalue weighted by molar-refractivity contribution is 5.72. The Hall–Kier alpha value is -3.48. The zero-order chi connectivity index (χ0) is 17.2. The minimum Gasteiger partial charge on any atom is -0.384 e. The molecule has 7 heteroatoms. The smallest absolute Gasteiger partial charge is 0.200 e. The largest absolute Gasteiger partial charge is 0.384 e. The molecule has 0 unspecified atom stereocenters. The van der Waals surface area contributed by atoms with Crippen LogP contribution < -0.4 is 11.1 Å². The van der Waals surface area contributed by atoms with Crippen LogP contribution in [-0.4, -0.2) is 31.1 Å². The SMILES string of the molecule is CCNc1ccc(-c2cc(N)n3nc(-c4ccccn4)nc3c2)cn1. The van der Waals surface area contributed by atoms with Crippen molar-refractivity contribution in [3.05, 3.63) is 54.9 Å². The Morgan fingerprint density at radius 1 is 1.08 bits per heavy atom. The molecule has 0 aromatic carbocycles. The summed E-state index contributed by atoms with van der Waals surface area (Å²) in [4.78, 5) is 13.2. The van der Waals surface area contributed by atoms with Gasteiger partial charge in [-0.3, -0.25) is 4.98 Å². The molecule has 4 aromatic heterocycles. The molecular formula is C18H17N7. The number of nitrogens with one attached hydrogen (secondary N) is 1. The summed E-state index contributed by atoms with van der Waals surface area (Å²) in [7, 11) is 0. The molecule has 7 nitrogen and oxygen atoms in total. The Kier molecular flexibility index (Phi) is 3.74. The lowest BCUT2D eigenvalue weighted by molar-refractivity contribution is 0.974. The molecule has 4 aromatic rings. The van der Waals surface area contributed by atoms with Crippen LogP contribution in [-0.2, 0) is 0 Å². The van der Waals surface area contributed by atoms with Gasteiger partial charge in [-0.2, -0.15) is 4.52 Å². The lowest BCUT2D eigenvalue weighted by Crippen LogP contribution is -2.00. The lowest BCUT2D eigenvalue weighted by atomic mass is 10.1. The first-order valence-corrected chi connectivity index (χ1v) is 8.02. The first-order chi connectivity index (χ1) is 12.2. The van der Waals surface area contributed by atoms with Crippen molar-refractivity contribution in [1.29, 1.82) is 0 Å². The van der Waals surface area contributed by atoms with Crippen LogP contribution in [0.1, 0.15) is 6.92 Å². The van der Waals surface area contributed by atoms with Crippen molar-refractivity contribution in [3.8, 4) is 22.6 Å². The van der Waals surface area contributed by atoms with E-state index in [0.29, 0.717) is 23.0 Å². The van der Waals surface area contributed by atoms with Gasteiger partial charge >= 0.3 is 0 Å². The van der Waals surface area contributed by atoms with Crippen molar-refractivity contribution in [2.45, 2.75) is 6.92 Å². The maximum atomic E-state index is 6.17. The van der Waals surface area contributed by atoms with Crippen molar-refractivity contribution in [2.75, 3.05) is 17.6 Å². The Labute approximate surface area is 144 Å². The van der Waals surface area contributed by atoms with Gasteiger partial charge in [0, 0.05) is 24.5 Å². The molecule has 3 N–H and O–H groups in total. The van der Waals surface area contributed by atoms with E-state index in [1.54, 1.807) is 10.7 Å². The van der Waals surface area contributed by atoms with E-state index in [0.717, 1.165) is 23.5 Å². The average Bonchev–Trinajstić information content (AvgIpc) is 3.08. The first kappa shape index (κ1) is 15.1. The lowest BCUT2D eigenvalue weighted by Gasteiger charge is -2.06. The molecule has 0 bridgehead atoms. The average molecular weight is 331 g/mol. The normalized spacial score (nSPS) is 10.9. The van der Waals surface area contributed by atoms with Crippen LogP contribution in [0.15, 0.2) is 54.9 Å². The second kappa shape index (κ2) is 6.20.